The molecule has 2 aromatic rings. The molecular formula is C17H22N4. The summed E-state index contributed by atoms with van der Waals surface area (Å²) in [6.07, 6.45) is 7.73. The number of nitrogens with two attached hydrogens (primary N) is 1. The van der Waals surface area contributed by atoms with Gasteiger partial charge in [0.05, 0.1) is 0 Å². The molecule has 1 aromatic heterocycles. The summed E-state index contributed by atoms with van der Waals surface area (Å²) in [5.74, 6) is 2.44. The third-order valence-corrected chi connectivity index (χ3v) is 5.09. The van der Waals surface area contributed by atoms with Crippen molar-refractivity contribution < 1.29 is 0 Å². The van der Waals surface area contributed by atoms with Gasteiger partial charge in [-0.15, -0.1) is 0 Å². The van der Waals surface area contributed by atoms with E-state index in [4.69, 9.17) is 5.73 Å². The number of nitrogens with zero attached hydrogens (tertiary/aromatic N) is 3. The van der Waals surface area contributed by atoms with Crippen molar-refractivity contribution in [1.82, 2.24) is 9.55 Å². The van der Waals surface area contributed by atoms with Gasteiger partial charge in [-0.1, -0.05) is 24.6 Å². The molecule has 3 atom stereocenters. The molecule has 0 amide bonds. The van der Waals surface area contributed by atoms with Crippen LogP contribution in [0.15, 0.2) is 42.7 Å². The Labute approximate surface area is 125 Å². The zero-order chi connectivity index (χ0) is 14.2. The molecule has 0 radical (unpaired) electrons. The predicted molar refractivity (Wildman–Crippen MR) is 84.6 cm³/mol. The zero-order valence-corrected chi connectivity index (χ0v) is 12.2. The number of fused-ring (bicyclic) bond motifs is 1. The van der Waals surface area contributed by atoms with Crippen LogP contribution < -0.4 is 10.6 Å². The summed E-state index contributed by atoms with van der Waals surface area (Å²) in [7, 11) is 0. The number of para-hydroxylation sites is 1. The molecule has 0 bridgehead atoms. The normalized spacial score (nSPS) is 28.6. The van der Waals surface area contributed by atoms with Gasteiger partial charge in [0.25, 0.3) is 0 Å². The number of rotatable bonds is 2. The van der Waals surface area contributed by atoms with Gasteiger partial charge in [-0.05, 0) is 36.8 Å². The molecule has 2 aliphatic rings. The summed E-state index contributed by atoms with van der Waals surface area (Å²) in [4.78, 5) is 7.03. The van der Waals surface area contributed by atoms with Gasteiger partial charge in [-0.25, -0.2) is 4.98 Å². The van der Waals surface area contributed by atoms with Crippen LogP contribution in [0.4, 0.5) is 5.95 Å². The van der Waals surface area contributed by atoms with Crippen molar-refractivity contribution in [2.75, 3.05) is 18.0 Å². The summed E-state index contributed by atoms with van der Waals surface area (Å²) in [5.41, 5.74) is 7.50. The van der Waals surface area contributed by atoms with Gasteiger partial charge in [0, 0.05) is 37.2 Å². The van der Waals surface area contributed by atoms with Gasteiger partial charge >= 0.3 is 0 Å². The maximum absolute atomic E-state index is 6.33. The summed E-state index contributed by atoms with van der Waals surface area (Å²) in [6.45, 7) is 2.15. The minimum atomic E-state index is 0.369. The molecular weight excluding hydrogens is 260 g/mol. The third kappa shape index (κ3) is 2.23. The lowest BCUT2D eigenvalue weighted by Gasteiger charge is -2.29. The Morgan fingerprint density at radius 2 is 1.95 bits per heavy atom. The van der Waals surface area contributed by atoms with E-state index >= 15 is 0 Å². The average molecular weight is 282 g/mol. The van der Waals surface area contributed by atoms with E-state index in [1.807, 2.05) is 18.5 Å². The van der Waals surface area contributed by atoms with Crippen molar-refractivity contribution >= 4 is 5.95 Å². The van der Waals surface area contributed by atoms with Crippen LogP contribution >= 0.6 is 0 Å². The van der Waals surface area contributed by atoms with E-state index in [2.05, 4.69) is 38.7 Å². The number of hydrogen-bond donors (Lipinski definition) is 1. The van der Waals surface area contributed by atoms with Crippen molar-refractivity contribution in [2.45, 2.75) is 25.3 Å². The molecule has 2 N–H and O–H groups in total. The lowest BCUT2D eigenvalue weighted by atomic mass is 9.78. The average Bonchev–Trinajstić information content (AvgIpc) is 3.15. The largest absolute Gasteiger partial charge is 0.341 e. The van der Waals surface area contributed by atoms with E-state index in [0.29, 0.717) is 12.0 Å². The third-order valence-electron chi connectivity index (χ3n) is 5.09. The number of anilines is 1. The smallest absolute Gasteiger partial charge is 0.210 e. The summed E-state index contributed by atoms with van der Waals surface area (Å²) >= 11 is 0. The quantitative estimate of drug-likeness (QED) is 0.920. The number of hydrogen-bond acceptors (Lipinski definition) is 3. The fraction of sp³-hybridized carbons (Fsp3) is 0.471. The summed E-state index contributed by atoms with van der Waals surface area (Å²) < 4.78 is 2.18. The van der Waals surface area contributed by atoms with Crippen molar-refractivity contribution in [2.24, 2.45) is 17.6 Å². The molecule has 0 spiro atoms. The van der Waals surface area contributed by atoms with Crippen molar-refractivity contribution in [3.63, 3.8) is 0 Å². The highest BCUT2D eigenvalue weighted by molar-refractivity contribution is 5.44. The molecule has 3 unspecified atom stereocenters. The first-order valence-electron chi connectivity index (χ1n) is 7.92. The molecule has 4 heteroatoms. The standard InChI is InChI=1S/C17H22N4/c18-16-8-4-5-13-11-20(12-15(13)16)17-19-9-10-21(17)14-6-2-1-3-7-14/h1-3,6-7,9-10,13,15-16H,4-5,8,11-12,18H2. The highest BCUT2D eigenvalue weighted by Crippen LogP contribution is 2.37. The van der Waals surface area contributed by atoms with Crippen molar-refractivity contribution in [3.8, 4) is 5.69 Å². The van der Waals surface area contributed by atoms with Crippen LogP contribution in [-0.2, 0) is 0 Å². The van der Waals surface area contributed by atoms with E-state index < -0.39 is 0 Å². The van der Waals surface area contributed by atoms with Gasteiger partial charge in [-0.3, -0.25) is 4.57 Å². The van der Waals surface area contributed by atoms with Gasteiger partial charge in [-0.2, -0.15) is 0 Å². The second kappa shape index (κ2) is 5.19. The van der Waals surface area contributed by atoms with Gasteiger partial charge < -0.3 is 10.6 Å². The highest BCUT2D eigenvalue weighted by atomic mass is 15.3. The van der Waals surface area contributed by atoms with Gasteiger partial charge in [0.1, 0.15) is 0 Å². The Morgan fingerprint density at radius 3 is 2.76 bits per heavy atom. The number of imidazole rings is 1. The van der Waals surface area contributed by atoms with Crippen molar-refractivity contribution in [1.29, 1.82) is 0 Å². The van der Waals surface area contributed by atoms with Crippen LogP contribution in [0.5, 0.6) is 0 Å². The van der Waals surface area contributed by atoms with Crippen molar-refractivity contribution in [3.05, 3.63) is 42.7 Å². The maximum Gasteiger partial charge on any atom is 0.210 e. The van der Waals surface area contributed by atoms with Crippen LogP contribution in [0.1, 0.15) is 19.3 Å². The molecule has 110 valence electrons. The topological polar surface area (TPSA) is 47.1 Å². The van der Waals surface area contributed by atoms with E-state index in [1.54, 1.807) is 0 Å². The van der Waals surface area contributed by atoms with E-state index in [1.165, 1.54) is 24.9 Å². The number of aromatic nitrogens is 2. The van der Waals surface area contributed by atoms with E-state index in [9.17, 15) is 0 Å². The van der Waals surface area contributed by atoms with Crippen LogP contribution in [0.3, 0.4) is 0 Å². The fourth-order valence-corrected chi connectivity index (χ4v) is 4.00. The molecule has 2 heterocycles. The molecule has 4 rings (SSSR count). The second-order valence-corrected chi connectivity index (χ2v) is 6.36. The van der Waals surface area contributed by atoms with E-state index in [-0.39, 0.29) is 0 Å². The van der Waals surface area contributed by atoms with E-state index in [0.717, 1.165) is 25.0 Å². The number of benzene rings is 1. The summed E-state index contributed by atoms with van der Waals surface area (Å²) in [5, 5.41) is 0. The molecule has 1 aliphatic heterocycles. The first kappa shape index (κ1) is 12.9. The second-order valence-electron chi connectivity index (χ2n) is 6.36. The molecule has 1 saturated carbocycles. The molecule has 1 saturated heterocycles. The van der Waals surface area contributed by atoms with Crippen LogP contribution in [0.25, 0.3) is 5.69 Å². The highest BCUT2D eigenvalue weighted by Gasteiger charge is 2.39. The first-order valence-corrected chi connectivity index (χ1v) is 7.92. The minimum Gasteiger partial charge on any atom is -0.341 e. The Morgan fingerprint density at radius 1 is 1.10 bits per heavy atom. The fourth-order valence-electron chi connectivity index (χ4n) is 4.00. The maximum atomic E-state index is 6.33. The monoisotopic (exact) mass is 282 g/mol. The molecule has 4 nitrogen and oxygen atoms in total. The SMILES string of the molecule is NC1CCCC2CN(c3nccn3-c3ccccc3)CC12. The van der Waals surface area contributed by atoms with Gasteiger partial charge in [0.15, 0.2) is 0 Å². The zero-order valence-electron chi connectivity index (χ0n) is 12.2. The van der Waals surface area contributed by atoms with Crippen LogP contribution in [0, 0.1) is 11.8 Å². The van der Waals surface area contributed by atoms with Crippen LogP contribution in [-0.4, -0.2) is 28.7 Å². The Hall–Kier alpha value is -1.81. The predicted octanol–water partition coefficient (Wildman–Crippen LogP) is 2.44. The molecule has 1 aliphatic carbocycles. The molecule has 1 aromatic carbocycles. The first-order chi connectivity index (χ1) is 10.3. The Balaban J connectivity index is 1.62. The Bertz CT molecular complexity index is 606. The molecule has 2 fully saturated rings. The minimum absolute atomic E-state index is 0.369. The lowest BCUT2D eigenvalue weighted by molar-refractivity contribution is 0.260. The lowest BCUT2D eigenvalue weighted by Crippen LogP contribution is -2.38. The van der Waals surface area contributed by atoms with Gasteiger partial charge in [0.2, 0.25) is 5.95 Å². The summed E-state index contributed by atoms with van der Waals surface area (Å²) in [6, 6.07) is 10.8. The Kier molecular flexibility index (Phi) is 3.19. The van der Waals surface area contributed by atoms with Crippen LogP contribution in [0.2, 0.25) is 0 Å². The molecule has 21 heavy (non-hydrogen) atoms.